The number of carbonyl (C=O) groups is 2. The molecule has 0 N–H and O–H groups in total. The Kier molecular flexibility index (Phi) is 3.97. The molecule has 1 amide bonds. The third-order valence-corrected chi connectivity index (χ3v) is 3.70. The maximum absolute atomic E-state index is 12.3. The lowest BCUT2D eigenvalue weighted by atomic mass is 10.3. The highest BCUT2D eigenvalue weighted by molar-refractivity contribution is 7.16. The lowest BCUT2D eigenvalue weighted by molar-refractivity contribution is 0.0606. The zero-order valence-corrected chi connectivity index (χ0v) is 11.4. The van der Waals surface area contributed by atoms with Gasteiger partial charge in [-0.3, -0.25) is 4.79 Å². The molecule has 2 aromatic rings. The summed E-state index contributed by atoms with van der Waals surface area (Å²) in [5.74, 6) is -0.572. The molecule has 0 radical (unpaired) electrons. The van der Waals surface area contributed by atoms with Crippen LogP contribution in [0.2, 0.25) is 0 Å². The van der Waals surface area contributed by atoms with Crippen LogP contribution >= 0.6 is 11.3 Å². The maximum atomic E-state index is 12.3. The maximum Gasteiger partial charge on any atom is 0.348 e. The van der Waals surface area contributed by atoms with E-state index in [9.17, 15) is 9.59 Å². The van der Waals surface area contributed by atoms with Gasteiger partial charge in [0.1, 0.15) is 4.88 Å². The molecule has 0 saturated carbocycles. The van der Waals surface area contributed by atoms with Gasteiger partial charge < -0.3 is 9.64 Å². The SMILES string of the molecule is COC(=O)c1ccc(C(=O)N(C)c2ccccc2)s1. The van der Waals surface area contributed by atoms with Crippen molar-refractivity contribution in [3.63, 3.8) is 0 Å². The monoisotopic (exact) mass is 275 g/mol. The lowest BCUT2D eigenvalue weighted by Crippen LogP contribution is -2.25. The molecule has 0 saturated heterocycles. The molecule has 0 spiro atoms. The number of benzene rings is 1. The number of anilines is 1. The molecule has 1 aromatic carbocycles. The van der Waals surface area contributed by atoms with E-state index in [2.05, 4.69) is 4.74 Å². The standard InChI is InChI=1S/C14H13NO3S/c1-15(10-6-4-3-5-7-10)13(16)11-8-9-12(19-11)14(17)18-2/h3-9H,1-2H3. The fourth-order valence-corrected chi connectivity index (χ4v) is 2.50. The first-order chi connectivity index (χ1) is 9.13. The van der Waals surface area contributed by atoms with E-state index in [1.807, 2.05) is 30.3 Å². The molecule has 2 rings (SSSR count). The van der Waals surface area contributed by atoms with Crippen molar-refractivity contribution >= 4 is 28.9 Å². The molecule has 0 aliphatic rings. The van der Waals surface area contributed by atoms with Crippen molar-refractivity contribution in [1.82, 2.24) is 0 Å². The second kappa shape index (κ2) is 5.67. The van der Waals surface area contributed by atoms with Gasteiger partial charge >= 0.3 is 5.97 Å². The number of ether oxygens (including phenoxy) is 1. The van der Waals surface area contributed by atoms with E-state index < -0.39 is 5.97 Å². The van der Waals surface area contributed by atoms with Gasteiger partial charge in [-0.15, -0.1) is 11.3 Å². The van der Waals surface area contributed by atoms with Crippen LogP contribution < -0.4 is 4.90 Å². The van der Waals surface area contributed by atoms with Crippen LogP contribution in [0.1, 0.15) is 19.3 Å². The summed E-state index contributed by atoms with van der Waals surface area (Å²) in [5.41, 5.74) is 0.806. The first-order valence-electron chi connectivity index (χ1n) is 5.64. The Hall–Kier alpha value is -2.14. The minimum Gasteiger partial charge on any atom is -0.465 e. The number of methoxy groups -OCH3 is 1. The molecule has 0 bridgehead atoms. The number of hydrogen-bond donors (Lipinski definition) is 0. The predicted molar refractivity (Wildman–Crippen MR) is 74.8 cm³/mol. The summed E-state index contributed by atoms with van der Waals surface area (Å²) in [4.78, 5) is 26.1. The highest BCUT2D eigenvalue weighted by Gasteiger charge is 2.17. The Labute approximate surface area is 115 Å². The highest BCUT2D eigenvalue weighted by Crippen LogP contribution is 2.21. The first-order valence-corrected chi connectivity index (χ1v) is 6.46. The van der Waals surface area contributed by atoms with Gasteiger partial charge in [-0.05, 0) is 24.3 Å². The number of amides is 1. The summed E-state index contributed by atoms with van der Waals surface area (Å²) in [6, 6.07) is 12.6. The van der Waals surface area contributed by atoms with Crippen LogP contribution in [0.5, 0.6) is 0 Å². The van der Waals surface area contributed by atoms with Gasteiger partial charge in [0.05, 0.1) is 12.0 Å². The molecule has 1 aromatic heterocycles. The van der Waals surface area contributed by atoms with Crippen LogP contribution in [0.15, 0.2) is 42.5 Å². The molecule has 4 nitrogen and oxygen atoms in total. The van der Waals surface area contributed by atoms with Crippen molar-refractivity contribution < 1.29 is 14.3 Å². The van der Waals surface area contributed by atoms with Gasteiger partial charge in [0.2, 0.25) is 0 Å². The number of esters is 1. The number of thiophene rings is 1. The summed E-state index contributed by atoms with van der Waals surface area (Å²) in [6.45, 7) is 0. The third-order valence-electron chi connectivity index (χ3n) is 2.65. The third kappa shape index (κ3) is 2.82. The topological polar surface area (TPSA) is 46.6 Å². The smallest absolute Gasteiger partial charge is 0.348 e. The van der Waals surface area contributed by atoms with Crippen LogP contribution in [0, 0.1) is 0 Å². The molecule has 19 heavy (non-hydrogen) atoms. The Morgan fingerprint density at radius 2 is 1.68 bits per heavy atom. The van der Waals surface area contributed by atoms with Crippen molar-refractivity contribution in [3.8, 4) is 0 Å². The van der Waals surface area contributed by atoms with E-state index in [1.54, 1.807) is 24.1 Å². The van der Waals surface area contributed by atoms with Crippen molar-refractivity contribution in [2.45, 2.75) is 0 Å². The predicted octanol–water partition coefficient (Wildman–Crippen LogP) is 2.81. The highest BCUT2D eigenvalue weighted by atomic mass is 32.1. The fourth-order valence-electron chi connectivity index (χ4n) is 1.60. The summed E-state index contributed by atoms with van der Waals surface area (Å²) in [6.07, 6.45) is 0. The summed E-state index contributed by atoms with van der Waals surface area (Å²) < 4.78 is 4.62. The van der Waals surface area contributed by atoms with E-state index in [-0.39, 0.29) is 5.91 Å². The van der Waals surface area contributed by atoms with Crippen molar-refractivity contribution in [3.05, 3.63) is 52.2 Å². The van der Waals surface area contributed by atoms with E-state index >= 15 is 0 Å². The number of para-hydroxylation sites is 1. The molecular formula is C14H13NO3S. The van der Waals surface area contributed by atoms with Crippen molar-refractivity contribution in [1.29, 1.82) is 0 Å². The molecule has 0 unspecified atom stereocenters. The van der Waals surface area contributed by atoms with Crippen LogP contribution in [0.4, 0.5) is 5.69 Å². The Morgan fingerprint density at radius 3 is 2.32 bits per heavy atom. The molecule has 0 aliphatic carbocycles. The molecule has 98 valence electrons. The summed E-state index contributed by atoms with van der Waals surface area (Å²) in [7, 11) is 3.02. The Balaban J connectivity index is 2.20. The second-order valence-corrected chi connectivity index (χ2v) is 4.94. The van der Waals surface area contributed by atoms with E-state index in [0.29, 0.717) is 9.75 Å². The zero-order chi connectivity index (χ0) is 13.8. The largest absolute Gasteiger partial charge is 0.465 e. The van der Waals surface area contributed by atoms with E-state index in [4.69, 9.17) is 0 Å². The van der Waals surface area contributed by atoms with Gasteiger partial charge in [-0.25, -0.2) is 4.79 Å². The number of hydrogen-bond acceptors (Lipinski definition) is 4. The van der Waals surface area contributed by atoms with Gasteiger partial charge in [-0.1, -0.05) is 18.2 Å². The van der Waals surface area contributed by atoms with Gasteiger partial charge in [-0.2, -0.15) is 0 Å². The lowest BCUT2D eigenvalue weighted by Gasteiger charge is -2.15. The van der Waals surface area contributed by atoms with E-state index in [0.717, 1.165) is 17.0 Å². The minimum absolute atomic E-state index is 0.147. The van der Waals surface area contributed by atoms with E-state index in [1.165, 1.54) is 7.11 Å². The van der Waals surface area contributed by atoms with Crippen LogP contribution in [-0.2, 0) is 4.74 Å². The average Bonchev–Trinajstić information content (AvgIpc) is 2.95. The Bertz CT molecular complexity index is 592. The average molecular weight is 275 g/mol. The zero-order valence-electron chi connectivity index (χ0n) is 10.6. The normalized spacial score (nSPS) is 10.0. The first kappa shape index (κ1) is 13.3. The molecule has 0 aliphatic heterocycles. The fraction of sp³-hybridized carbons (Fsp3) is 0.143. The minimum atomic E-state index is -0.425. The number of nitrogens with zero attached hydrogens (tertiary/aromatic N) is 1. The van der Waals surface area contributed by atoms with Gasteiger partial charge in [0, 0.05) is 12.7 Å². The van der Waals surface area contributed by atoms with Crippen LogP contribution in [0.3, 0.4) is 0 Å². The van der Waals surface area contributed by atoms with Gasteiger partial charge in [0.15, 0.2) is 0 Å². The van der Waals surface area contributed by atoms with Crippen molar-refractivity contribution in [2.24, 2.45) is 0 Å². The van der Waals surface area contributed by atoms with Gasteiger partial charge in [0.25, 0.3) is 5.91 Å². The summed E-state index contributed by atoms with van der Waals surface area (Å²) in [5, 5.41) is 0. The van der Waals surface area contributed by atoms with Crippen LogP contribution in [0.25, 0.3) is 0 Å². The molecule has 1 heterocycles. The number of rotatable bonds is 3. The number of carbonyl (C=O) groups excluding carboxylic acids is 2. The molecule has 0 atom stereocenters. The quantitative estimate of drug-likeness (QED) is 0.809. The second-order valence-electron chi connectivity index (χ2n) is 3.86. The Morgan fingerprint density at radius 1 is 1.05 bits per heavy atom. The molecule has 0 fully saturated rings. The molecular weight excluding hydrogens is 262 g/mol. The summed E-state index contributed by atoms with van der Waals surface area (Å²) >= 11 is 1.13. The van der Waals surface area contributed by atoms with Crippen molar-refractivity contribution in [2.75, 3.05) is 19.1 Å². The molecule has 5 heteroatoms. The van der Waals surface area contributed by atoms with Crippen LogP contribution in [-0.4, -0.2) is 26.0 Å².